The van der Waals surface area contributed by atoms with E-state index in [4.69, 9.17) is 5.73 Å². The van der Waals surface area contributed by atoms with E-state index in [0.29, 0.717) is 30.3 Å². The SMILES string of the molecule is NC1CCC(NCC(O)Cn2nc3c(c2C(=O)[O-])CCc2cnccc2-3)CC1. The summed E-state index contributed by atoms with van der Waals surface area (Å²) in [6.07, 6.45) is 8.01. The Morgan fingerprint density at radius 2 is 2.14 bits per heavy atom. The van der Waals surface area contributed by atoms with Gasteiger partial charge in [-0.05, 0) is 50.2 Å². The van der Waals surface area contributed by atoms with Gasteiger partial charge in [0.25, 0.3) is 0 Å². The van der Waals surface area contributed by atoms with E-state index >= 15 is 0 Å². The number of nitrogens with two attached hydrogens (primary N) is 1. The molecule has 4 N–H and O–H groups in total. The van der Waals surface area contributed by atoms with Crippen molar-refractivity contribution in [2.24, 2.45) is 5.73 Å². The van der Waals surface area contributed by atoms with Crippen molar-refractivity contribution in [1.82, 2.24) is 20.1 Å². The molecule has 8 heteroatoms. The molecule has 0 amide bonds. The van der Waals surface area contributed by atoms with Crippen molar-refractivity contribution in [1.29, 1.82) is 0 Å². The molecule has 4 rings (SSSR count). The second kappa shape index (κ2) is 7.98. The van der Waals surface area contributed by atoms with E-state index in [1.165, 1.54) is 4.68 Å². The van der Waals surface area contributed by atoms with Gasteiger partial charge in [0.2, 0.25) is 0 Å². The second-order valence-corrected chi connectivity index (χ2v) is 7.85. The highest BCUT2D eigenvalue weighted by Gasteiger charge is 2.26. The molecule has 8 nitrogen and oxygen atoms in total. The number of aliphatic hydroxyl groups excluding tert-OH is 1. The Labute approximate surface area is 163 Å². The standard InChI is InChI=1S/C20H27N5O3/c21-13-2-4-14(5-3-13)23-10-15(26)11-25-19(20(27)28)17-6-1-12-9-22-8-7-16(12)18(17)24-25/h7-9,13-15,23,26H,1-6,10-11,21H2,(H,27,28)/p-1. The van der Waals surface area contributed by atoms with E-state index in [-0.39, 0.29) is 18.3 Å². The molecule has 2 aromatic heterocycles. The third-order valence-corrected chi connectivity index (χ3v) is 5.84. The van der Waals surface area contributed by atoms with Crippen LogP contribution < -0.4 is 16.2 Å². The number of rotatable bonds is 6. The zero-order valence-corrected chi connectivity index (χ0v) is 15.8. The molecular formula is C20H26N5O3-. The van der Waals surface area contributed by atoms with Gasteiger partial charge >= 0.3 is 0 Å². The van der Waals surface area contributed by atoms with Crippen LogP contribution in [0.3, 0.4) is 0 Å². The topological polar surface area (TPSA) is 129 Å². The van der Waals surface area contributed by atoms with E-state index in [2.05, 4.69) is 15.4 Å². The lowest BCUT2D eigenvalue weighted by Crippen LogP contribution is -2.42. The number of carboxylic acid groups (broad SMARTS) is 1. The Hall–Kier alpha value is -2.29. The molecule has 0 radical (unpaired) electrons. The van der Waals surface area contributed by atoms with Gasteiger partial charge in [-0.2, -0.15) is 5.10 Å². The molecule has 28 heavy (non-hydrogen) atoms. The maximum Gasteiger partial charge on any atom is 0.0966 e. The fraction of sp³-hybridized carbons (Fsp3) is 0.550. The summed E-state index contributed by atoms with van der Waals surface area (Å²) < 4.78 is 1.39. The Kier molecular flexibility index (Phi) is 5.43. The zero-order valence-electron chi connectivity index (χ0n) is 15.8. The van der Waals surface area contributed by atoms with Crippen molar-refractivity contribution in [2.45, 2.75) is 63.3 Å². The van der Waals surface area contributed by atoms with E-state index in [0.717, 1.165) is 43.2 Å². The Bertz CT molecular complexity index is 858. The Balaban J connectivity index is 1.49. The average molecular weight is 384 g/mol. The van der Waals surface area contributed by atoms with Crippen LogP contribution in [0, 0.1) is 0 Å². The van der Waals surface area contributed by atoms with Gasteiger partial charge in [-0.1, -0.05) is 0 Å². The van der Waals surface area contributed by atoms with E-state index in [1.54, 1.807) is 12.4 Å². The predicted octanol–water partition coefficient (Wildman–Crippen LogP) is -0.372. The molecule has 150 valence electrons. The number of hydrogen-bond acceptors (Lipinski definition) is 7. The van der Waals surface area contributed by atoms with Crippen LogP contribution in [0.2, 0.25) is 0 Å². The van der Waals surface area contributed by atoms with Crippen LogP contribution in [0.15, 0.2) is 18.5 Å². The van der Waals surface area contributed by atoms with Gasteiger partial charge < -0.3 is 26.1 Å². The molecule has 2 aromatic rings. The molecule has 1 unspecified atom stereocenters. The lowest BCUT2D eigenvalue weighted by atomic mass is 9.90. The average Bonchev–Trinajstić information content (AvgIpc) is 3.06. The number of aromatic carboxylic acids is 1. The molecule has 2 heterocycles. The minimum Gasteiger partial charge on any atom is -0.543 e. The highest BCUT2D eigenvalue weighted by Crippen LogP contribution is 2.33. The first kappa shape index (κ1) is 19.0. The minimum atomic E-state index is -1.26. The third-order valence-electron chi connectivity index (χ3n) is 5.84. The molecule has 0 spiro atoms. The summed E-state index contributed by atoms with van der Waals surface area (Å²) in [5.74, 6) is -1.26. The smallest absolute Gasteiger partial charge is 0.0966 e. The third kappa shape index (κ3) is 3.80. The van der Waals surface area contributed by atoms with Crippen LogP contribution in [0.4, 0.5) is 0 Å². The van der Waals surface area contributed by atoms with Crippen molar-refractivity contribution >= 4 is 5.97 Å². The highest BCUT2D eigenvalue weighted by atomic mass is 16.4. The van der Waals surface area contributed by atoms with Crippen LogP contribution in [0.5, 0.6) is 0 Å². The van der Waals surface area contributed by atoms with Crippen LogP contribution in [0.1, 0.15) is 47.3 Å². The molecule has 0 saturated heterocycles. The fourth-order valence-corrected chi connectivity index (χ4v) is 4.32. The Morgan fingerprint density at radius 1 is 1.36 bits per heavy atom. The first-order valence-corrected chi connectivity index (χ1v) is 9.94. The number of pyridine rings is 1. The van der Waals surface area contributed by atoms with Crippen LogP contribution >= 0.6 is 0 Å². The van der Waals surface area contributed by atoms with Crippen molar-refractivity contribution in [3.05, 3.63) is 35.3 Å². The number of aromatic nitrogens is 3. The molecular weight excluding hydrogens is 358 g/mol. The van der Waals surface area contributed by atoms with Gasteiger partial charge in [0.15, 0.2) is 0 Å². The molecule has 1 fully saturated rings. The summed E-state index contributed by atoms with van der Waals surface area (Å²) in [4.78, 5) is 15.9. The number of nitrogens with one attached hydrogen (secondary N) is 1. The van der Waals surface area contributed by atoms with Gasteiger partial charge in [0.05, 0.1) is 30.0 Å². The van der Waals surface area contributed by atoms with Crippen molar-refractivity contribution < 1.29 is 15.0 Å². The summed E-state index contributed by atoms with van der Waals surface area (Å²) in [7, 11) is 0. The number of aryl methyl sites for hydroxylation is 1. The number of nitrogens with zero attached hydrogens (tertiary/aromatic N) is 3. The lowest BCUT2D eigenvalue weighted by molar-refractivity contribution is -0.256. The van der Waals surface area contributed by atoms with Crippen molar-refractivity contribution in [3.8, 4) is 11.3 Å². The number of carbonyl (C=O) groups is 1. The molecule has 0 aliphatic heterocycles. The van der Waals surface area contributed by atoms with Crippen molar-refractivity contribution in [2.75, 3.05) is 6.54 Å². The zero-order chi connectivity index (χ0) is 19.7. The van der Waals surface area contributed by atoms with E-state index < -0.39 is 12.1 Å². The Morgan fingerprint density at radius 3 is 2.89 bits per heavy atom. The molecule has 2 aliphatic carbocycles. The minimum absolute atomic E-state index is 0.0696. The van der Waals surface area contributed by atoms with Crippen LogP contribution in [-0.2, 0) is 19.4 Å². The lowest BCUT2D eigenvalue weighted by Gasteiger charge is -2.27. The number of fused-ring (bicyclic) bond motifs is 3. The summed E-state index contributed by atoms with van der Waals surface area (Å²) in [6, 6.07) is 2.48. The first-order chi connectivity index (χ1) is 13.5. The highest BCUT2D eigenvalue weighted by molar-refractivity contribution is 5.89. The molecule has 1 saturated carbocycles. The molecule has 0 aromatic carbocycles. The van der Waals surface area contributed by atoms with Gasteiger partial charge in [-0.15, -0.1) is 0 Å². The fourth-order valence-electron chi connectivity index (χ4n) is 4.32. The quantitative estimate of drug-likeness (QED) is 0.619. The molecule has 2 aliphatic rings. The second-order valence-electron chi connectivity index (χ2n) is 7.85. The maximum atomic E-state index is 11.8. The first-order valence-electron chi connectivity index (χ1n) is 9.94. The van der Waals surface area contributed by atoms with Gasteiger partial charge in [0, 0.05) is 42.1 Å². The van der Waals surface area contributed by atoms with Gasteiger partial charge in [0.1, 0.15) is 0 Å². The van der Waals surface area contributed by atoms with E-state index in [1.807, 2.05) is 6.07 Å². The molecule has 0 bridgehead atoms. The van der Waals surface area contributed by atoms with Crippen LogP contribution in [0.25, 0.3) is 11.3 Å². The number of aliphatic hydroxyl groups is 1. The summed E-state index contributed by atoms with van der Waals surface area (Å²) in [6.45, 7) is 0.493. The summed E-state index contributed by atoms with van der Waals surface area (Å²) in [5, 5.41) is 30.2. The maximum absolute atomic E-state index is 11.8. The predicted molar refractivity (Wildman–Crippen MR) is 101 cm³/mol. The van der Waals surface area contributed by atoms with Gasteiger partial charge in [-0.3, -0.25) is 9.67 Å². The van der Waals surface area contributed by atoms with Gasteiger partial charge in [-0.25, -0.2) is 0 Å². The van der Waals surface area contributed by atoms with Crippen LogP contribution in [-0.4, -0.2) is 50.6 Å². The summed E-state index contributed by atoms with van der Waals surface area (Å²) in [5.41, 5.74) is 9.30. The van der Waals surface area contributed by atoms with E-state index in [9.17, 15) is 15.0 Å². The largest absolute Gasteiger partial charge is 0.543 e. The number of hydrogen-bond donors (Lipinski definition) is 3. The molecule has 1 atom stereocenters. The monoisotopic (exact) mass is 384 g/mol. The summed E-state index contributed by atoms with van der Waals surface area (Å²) >= 11 is 0. The normalized spacial score (nSPS) is 22.4. The number of carboxylic acids is 1. The van der Waals surface area contributed by atoms with Crippen molar-refractivity contribution in [3.63, 3.8) is 0 Å². The number of carbonyl (C=O) groups excluding carboxylic acids is 1.